The van der Waals surface area contributed by atoms with E-state index in [9.17, 15) is 13.2 Å². The molecule has 0 aliphatic heterocycles. The summed E-state index contributed by atoms with van der Waals surface area (Å²) in [7, 11) is -3.79. The number of rotatable bonds is 8. The number of aryl methyl sites for hydroxylation is 1. The maximum absolute atomic E-state index is 12.5. The van der Waals surface area contributed by atoms with E-state index < -0.39 is 10.0 Å². The van der Waals surface area contributed by atoms with Gasteiger partial charge in [-0.3, -0.25) is 9.52 Å². The molecule has 0 atom stereocenters. The van der Waals surface area contributed by atoms with E-state index in [-0.39, 0.29) is 16.5 Å². The zero-order valence-electron chi connectivity index (χ0n) is 16.3. The molecular formula is C22H21ClN2O4S. The standard InChI is InChI=1S/C22H21ClN2O4S/c1-16-5-9-20(10-6-16)29-14-13-24-22(26)17-3-2-4-19(15-17)25-30(27,28)21-11-7-18(23)8-12-21/h2-12,15,25H,13-14H2,1H3,(H,24,26). The van der Waals surface area contributed by atoms with E-state index >= 15 is 0 Å². The summed E-state index contributed by atoms with van der Waals surface area (Å²) in [4.78, 5) is 12.4. The molecule has 1 amide bonds. The second kappa shape index (κ2) is 9.65. The Labute approximate surface area is 180 Å². The number of nitrogens with one attached hydrogen (secondary N) is 2. The van der Waals surface area contributed by atoms with Crippen LogP contribution >= 0.6 is 11.6 Å². The molecule has 0 aliphatic carbocycles. The molecule has 0 aromatic heterocycles. The van der Waals surface area contributed by atoms with E-state index in [1.54, 1.807) is 18.2 Å². The molecule has 2 N–H and O–H groups in total. The molecular weight excluding hydrogens is 424 g/mol. The Morgan fingerprint density at radius 3 is 2.40 bits per heavy atom. The highest BCUT2D eigenvalue weighted by Gasteiger charge is 2.15. The summed E-state index contributed by atoms with van der Waals surface area (Å²) in [5.74, 6) is 0.406. The van der Waals surface area contributed by atoms with Crippen LogP contribution in [-0.4, -0.2) is 27.5 Å². The fourth-order valence-electron chi connectivity index (χ4n) is 2.62. The number of carbonyl (C=O) groups excluding carboxylic acids is 1. The summed E-state index contributed by atoms with van der Waals surface area (Å²) in [6.07, 6.45) is 0. The van der Waals surface area contributed by atoms with Gasteiger partial charge in [0.2, 0.25) is 0 Å². The van der Waals surface area contributed by atoms with E-state index in [4.69, 9.17) is 16.3 Å². The van der Waals surface area contributed by atoms with Gasteiger partial charge in [0.25, 0.3) is 15.9 Å². The second-order valence-corrected chi connectivity index (χ2v) is 8.68. The van der Waals surface area contributed by atoms with Gasteiger partial charge in [0.1, 0.15) is 12.4 Å². The molecule has 0 aliphatic rings. The highest BCUT2D eigenvalue weighted by atomic mass is 35.5. The molecule has 0 radical (unpaired) electrons. The average Bonchev–Trinajstić information content (AvgIpc) is 2.72. The van der Waals surface area contributed by atoms with E-state index in [0.29, 0.717) is 23.7 Å². The number of halogens is 1. The number of hydrogen-bond donors (Lipinski definition) is 2. The molecule has 0 heterocycles. The Hall–Kier alpha value is -3.03. The van der Waals surface area contributed by atoms with Gasteiger partial charge < -0.3 is 10.1 Å². The molecule has 30 heavy (non-hydrogen) atoms. The third-order valence-electron chi connectivity index (χ3n) is 4.18. The first kappa shape index (κ1) is 21.7. The highest BCUT2D eigenvalue weighted by molar-refractivity contribution is 7.92. The Morgan fingerprint density at radius 2 is 1.70 bits per heavy atom. The summed E-state index contributed by atoms with van der Waals surface area (Å²) in [6, 6.07) is 19.7. The van der Waals surface area contributed by atoms with Crippen molar-refractivity contribution in [3.63, 3.8) is 0 Å². The molecule has 8 heteroatoms. The van der Waals surface area contributed by atoms with Crippen LogP contribution in [0.4, 0.5) is 5.69 Å². The first-order chi connectivity index (χ1) is 14.3. The number of sulfonamides is 1. The third-order valence-corrected chi connectivity index (χ3v) is 5.83. The Morgan fingerprint density at radius 1 is 1.00 bits per heavy atom. The van der Waals surface area contributed by atoms with E-state index in [1.807, 2.05) is 31.2 Å². The second-order valence-electron chi connectivity index (χ2n) is 6.56. The lowest BCUT2D eigenvalue weighted by atomic mass is 10.2. The van der Waals surface area contributed by atoms with Crippen molar-refractivity contribution in [2.24, 2.45) is 0 Å². The molecule has 0 saturated carbocycles. The van der Waals surface area contributed by atoms with Gasteiger partial charge in [0.05, 0.1) is 11.4 Å². The molecule has 0 saturated heterocycles. The quantitative estimate of drug-likeness (QED) is 0.508. The molecule has 3 rings (SSSR count). The zero-order valence-corrected chi connectivity index (χ0v) is 17.8. The lowest BCUT2D eigenvalue weighted by Gasteiger charge is -2.11. The topological polar surface area (TPSA) is 84.5 Å². The molecule has 3 aromatic rings. The van der Waals surface area contributed by atoms with E-state index in [0.717, 1.165) is 11.3 Å². The number of amides is 1. The Bertz CT molecular complexity index is 1110. The summed E-state index contributed by atoms with van der Waals surface area (Å²) < 4.78 is 33.0. The van der Waals surface area contributed by atoms with Crippen LogP contribution in [0.3, 0.4) is 0 Å². The lowest BCUT2D eigenvalue weighted by molar-refractivity contribution is 0.0947. The van der Waals surface area contributed by atoms with Crippen molar-refractivity contribution < 1.29 is 17.9 Å². The van der Waals surface area contributed by atoms with Crippen molar-refractivity contribution in [1.82, 2.24) is 5.32 Å². The molecule has 3 aromatic carbocycles. The highest BCUT2D eigenvalue weighted by Crippen LogP contribution is 2.19. The Kier molecular flexibility index (Phi) is 6.97. The van der Waals surface area contributed by atoms with Gasteiger partial charge in [-0.25, -0.2) is 8.42 Å². The van der Waals surface area contributed by atoms with Gasteiger partial charge in [-0.05, 0) is 61.5 Å². The number of benzene rings is 3. The fourth-order valence-corrected chi connectivity index (χ4v) is 3.80. The molecule has 0 unspecified atom stereocenters. The van der Waals surface area contributed by atoms with Crippen molar-refractivity contribution in [2.45, 2.75) is 11.8 Å². The van der Waals surface area contributed by atoms with Crippen LogP contribution in [-0.2, 0) is 10.0 Å². The maximum Gasteiger partial charge on any atom is 0.261 e. The first-order valence-electron chi connectivity index (χ1n) is 9.20. The SMILES string of the molecule is Cc1ccc(OCCNC(=O)c2cccc(NS(=O)(=O)c3ccc(Cl)cc3)c2)cc1. The molecule has 0 bridgehead atoms. The normalized spacial score (nSPS) is 11.0. The van der Waals surface area contributed by atoms with Crippen molar-refractivity contribution >= 4 is 33.2 Å². The minimum Gasteiger partial charge on any atom is -0.492 e. The predicted molar refractivity (Wildman–Crippen MR) is 118 cm³/mol. The van der Waals surface area contributed by atoms with Crippen LogP contribution in [0, 0.1) is 6.92 Å². The first-order valence-corrected chi connectivity index (χ1v) is 11.1. The van der Waals surface area contributed by atoms with Gasteiger partial charge in [0.15, 0.2) is 0 Å². The molecule has 156 valence electrons. The monoisotopic (exact) mass is 444 g/mol. The van der Waals surface area contributed by atoms with Gasteiger partial charge in [-0.1, -0.05) is 35.4 Å². The van der Waals surface area contributed by atoms with Crippen molar-refractivity contribution in [3.8, 4) is 5.75 Å². The van der Waals surface area contributed by atoms with Gasteiger partial charge in [-0.2, -0.15) is 0 Å². The summed E-state index contributed by atoms with van der Waals surface area (Å²) in [5, 5.41) is 3.20. The minimum absolute atomic E-state index is 0.0787. The smallest absolute Gasteiger partial charge is 0.261 e. The summed E-state index contributed by atoms with van der Waals surface area (Å²) in [6.45, 7) is 2.62. The fraction of sp³-hybridized carbons (Fsp3) is 0.136. The number of hydrogen-bond acceptors (Lipinski definition) is 4. The summed E-state index contributed by atoms with van der Waals surface area (Å²) in [5.41, 5.74) is 1.76. The molecule has 0 spiro atoms. The van der Waals surface area contributed by atoms with Crippen LogP contribution in [0.1, 0.15) is 15.9 Å². The van der Waals surface area contributed by atoms with E-state index in [2.05, 4.69) is 10.0 Å². The lowest BCUT2D eigenvalue weighted by Crippen LogP contribution is -2.28. The minimum atomic E-state index is -3.79. The van der Waals surface area contributed by atoms with Gasteiger partial charge in [0, 0.05) is 16.3 Å². The van der Waals surface area contributed by atoms with Gasteiger partial charge in [-0.15, -0.1) is 0 Å². The molecule has 0 fully saturated rings. The summed E-state index contributed by atoms with van der Waals surface area (Å²) >= 11 is 5.80. The van der Waals surface area contributed by atoms with Crippen LogP contribution < -0.4 is 14.8 Å². The van der Waals surface area contributed by atoms with Crippen LogP contribution in [0.2, 0.25) is 5.02 Å². The Balaban J connectivity index is 1.56. The zero-order chi connectivity index (χ0) is 21.6. The largest absolute Gasteiger partial charge is 0.492 e. The van der Waals surface area contributed by atoms with Crippen LogP contribution in [0.5, 0.6) is 5.75 Å². The predicted octanol–water partition coefficient (Wildman–Crippen LogP) is 4.26. The molecule has 6 nitrogen and oxygen atoms in total. The number of ether oxygens (including phenoxy) is 1. The number of anilines is 1. The van der Waals surface area contributed by atoms with Crippen molar-refractivity contribution in [1.29, 1.82) is 0 Å². The van der Waals surface area contributed by atoms with Crippen LogP contribution in [0.15, 0.2) is 77.7 Å². The maximum atomic E-state index is 12.5. The van der Waals surface area contributed by atoms with E-state index in [1.165, 1.54) is 30.3 Å². The third kappa shape index (κ3) is 5.98. The van der Waals surface area contributed by atoms with Crippen molar-refractivity contribution in [3.05, 3.63) is 88.9 Å². The number of carbonyl (C=O) groups is 1. The van der Waals surface area contributed by atoms with Gasteiger partial charge >= 0.3 is 0 Å². The van der Waals surface area contributed by atoms with Crippen LogP contribution in [0.25, 0.3) is 0 Å². The van der Waals surface area contributed by atoms with Crippen molar-refractivity contribution in [2.75, 3.05) is 17.9 Å². The average molecular weight is 445 g/mol.